The number of benzene rings is 8. The molecule has 5 nitrogen and oxygen atoms in total. The Hall–Kier alpha value is -8.28. The van der Waals surface area contributed by atoms with Crippen molar-refractivity contribution >= 4 is 21.9 Å². The van der Waals surface area contributed by atoms with Crippen molar-refractivity contribution in [3.63, 3.8) is 0 Å². The molecule has 0 bridgehead atoms. The average molecular weight is 781 g/mol. The Kier molecular flexibility index (Phi) is 9.10. The third-order valence-corrected chi connectivity index (χ3v) is 11.1. The van der Waals surface area contributed by atoms with E-state index >= 15 is 0 Å². The third kappa shape index (κ3) is 7.15. The quantitative estimate of drug-likeness (QED) is 0.154. The second kappa shape index (κ2) is 15.5. The molecule has 0 saturated carbocycles. The first kappa shape index (κ1) is 35.8. The summed E-state index contributed by atoms with van der Waals surface area (Å²) < 4.78 is 6.55. The maximum Gasteiger partial charge on any atom is 0.160 e. The lowest BCUT2D eigenvalue weighted by molar-refractivity contribution is 0.669. The van der Waals surface area contributed by atoms with Crippen molar-refractivity contribution in [2.45, 2.75) is 0 Å². The van der Waals surface area contributed by atoms with Gasteiger partial charge in [0, 0.05) is 44.2 Å². The summed E-state index contributed by atoms with van der Waals surface area (Å²) in [5.74, 6) is 1.31. The van der Waals surface area contributed by atoms with Crippen LogP contribution in [0.4, 0.5) is 0 Å². The predicted octanol–water partition coefficient (Wildman–Crippen LogP) is 14.5. The summed E-state index contributed by atoms with van der Waals surface area (Å²) in [6.07, 6.45) is 0. The lowest BCUT2D eigenvalue weighted by atomic mass is 9.95. The van der Waals surface area contributed by atoms with E-state index in [0.29, 0.717) is 11.6 Å². The largest absolute Gasteiger partial charge is 0.456 e. The van der Waals surface area contributed by atoms with Crippen molar-refractivity contribution in [1.29, 1.82) is 0 Å². The molecule has 0 atom stereocenters. The van der Waals surface area contributed by atoms with Crippen molar-refractivity contribution in [1.82, 2.24) is 19.9 Å². The summed E-state index contributed by atoms with van der Waals surface area (Å²) in [6, 6.07) is 75.1. The van der Waals surface area contributed by atoms with Crippen LogP contribution in [0.25, 0.3) is 112 Å². The molecule has 0 aliphatic rings. The maximum atomic E-state index is 6.55. The number of hydrogen-bond acceptors (Lipinski definition) is 5. The standard InChI is InChI=1S/C56H36N4O/c1-6-16-37(17-7-1)42-27-29-53-48(33-42)47-28-26-43(34-54(47)61-53)44-30-45(51-35-49(38-18-8-2-9-19-38)57-55(59-51)40-22-12-4-13-23-40)32-46(31-44)52-36-50(39-20-10-3-11-21-39)58-56(60-52)41-24-14-5-15-25-41/h1-36H. The number of rotatable bonds is 8. The summed E-state index contributed by atoms with van der Waals surface area (Å²) in [6.45, 7) is 0. The number of hydrogen-bond donors (Lipinski definition) is 0. The van der Waals surface area contributed by atoms with Crippen LogP contribution < -0.4 is 0 Å². The predicted molar refractivity (Wildman–Crippen MR) is 248 cm³/mol. The zero-order chi connectivity index (χ0) is 40.5. The number of aromatic nitrogens is 4. The molecule has 0 saturated heterocycles. The monoisotopic (exact) mass is 780 g/mol. The van der Waals surface area contributed by atoms with E-state index in [1.807, 2.05) is 78.9 Å². The van der Waals surface area contributed by atoms with Gasteiger partial charge in [-0.15, -0.1) is 0 Å². The molecule has 0 aliphatic carbocycles. The van der Waals surface area contributed by atoms with E-state index in [9.17, 15) is 0 Å². The molecule has 0 radical (unpaired) electrons. The maximum absolute atomic E-state index is 6.55. The minimum Gasteiger partial charge on any atom is -0.456 e. The van der Waals surface area contributed by atoms with Crippen LogP contribution in [0.2, 0.25) is 0 Å². The van der Waals surface area contributed by atoms with E-state index < -0.39 is 0 Å². The normalized spacial score (nSPS) is 11.3. The van der Waals surface area contributed by atoms with Gasteiger partial charge < -0.3 is 4.42 Å². The lowest BCUT2D eigenvalue weighted by Gasteiger charge is -2.14. The third-order valence-electron chi connectivity index (χ3n) is 11.1. The van der Waals surface area contributed by atoms with Gasteiger partial charge in [0.15, 0.2) is 11.6 Å². The second-order valence-corrected chi connectivity index (χ2v) is 15.1. The number of fused-ring (bicyclic) bond motifs is 3. The molecule has 3 aromatic heterocycles. The van der Waals surface area contributed by atoms with Gasteiger partial charge in [-0.05, 0) is 76.9 Å². The first-order valence-electron chi connectivity index (χ1n) is 20.4. The Morgan fingerprint density at radius 3 is 1.11 bits per heavy atom. The molecule has 0 spiro atoms. The molecule has 8 aromatic carbocycles. The van der Waals surface area contributed by atoms with Gasteiger partial charge in [0.25, 0.3) is 0 Å². The zero-order valence-corrected chi connectivity index (χ0v) is 33.0. The Bertz CT molecular complexity index is 3070. The van der Waals surface area contributed by atoms with Crippen LogP contribution >= 0.6 is 0 Å². The SMILES string of the molecule is c1ccc(-c2ccc3oc4cc(-c5cc(-c6cc(-c7ccccc7)nc(-c7ccccc7)n6)cc(-c6cc(-c7ccccc7)nc(-c7ccccc7)n6)c5)ccc4c3c2)cc1. The highest BCUT2D eigenvalue weighted by Gasteiger charge is 2.17. The summed E-state index contributed by atoms with van der Waals surface area (Å²) in [5.41, 5.74) is 15.1. The van der Waals surface area contributed by atoms with Crippen molar-refractivity contribution in [3.05, 3.63) is 218 Å². The van der Waals surface area contributed by atoms with E-state index in [-0.39, 0.29) is 0 Å². The molecule has 0 amide bonds. The fourth-order valence-electron chi connectivity index (χ4n) is 7.99. The van der Waals surface area contributed by atoms with Gasteiger partial charge in [-0.2, -0.15) is 0 Å². The smallest absolute Gasteiger partial charge is 0.160 e. The Labute approximate surface area is 353 Å². The molecule has 3 heterocycles. The van der Waals surface area contributed by atoms with Gasteiger partial charge in [0.05, 0.1) is 22.8 Å². The second-order valence-electron chi connectivity index (χ2n) is 15.1. The van der Waals surface area contributed by atoms with Gasteiger partial charge >= 0.3 is 0 Å². The van der Waals surface area contributed by atoms with Crippen molar-refractivity contribution < 1.29 is 4.42 Å². The topological polar surface area (TPSA) is 64.7 Å². The van der Waals surface area contributed by atoms with Gasteiger partial charge in [0.1, 0.15) is 11.2 Å². The van der Waals surface area contributed by atoms with E-state index in [4.69, 9.17) is 24.4 Å². The fraction of sp³-hybridized carbons (Fsp3) is 0. The van der Waals surface area contributed by atoms with Crippen LogP contribution in [0.3, 0.4) is 0 Å². The highest BCUT2D eigenvalue weighted by atomic mass is 16.3. The van der Waals surface area contributed by atoms with Crippen LogP contribution in [-0.4, -0.2) is 19.9 Å². The van der Waals surface area contributed by atoms with Crippen molar-refractivity contribution in [2.75, 3.05) is 0 Å². The highest BCUT2D eigenvalue weighted by molar-refractivity contribution is 6.07. The van der Waals surface area contributed by atoms with Gasteiger partial charge in [-0.25, -0.2) is 19.9 Å². The van der Waals surface area contributed by atoms with Crippen LogP contribution in [0.15, 0.2) is 223 Å². The lowest BCUT2D eigenvalue weighted by Crippen LogP contribution is -1.98. The minimum atomic E-state index is 0.655. The molecule has 0 unspecified atom stereocenters. The Balaban J connectivity index is 1.13. The highest BCUT2D eigenvalue weighted by Crippen LogP contribution is 2.39. The summed E-state index contributed by atoms with van der Waals surface area (Å²) in [5, 5.41) is 2.16. The molecule has 286 valence electrons. The zero-order valence-electron chi connectivity index (χ0n) is 33.0. The fourth-order valence-corrected chi connectivity index (χ4v) is 7.99. The molecule has 11 aromatic rings. The van der Waals surface area contributed by atoms with Crippen LogP contribution in [0.1, 0.15) is 0 Å². The Morgan fingerprint density at radius 2 is 0.623 bits per heavy atom. The minimum absolute atomic E-state index is 0.655. The van der Waals surface area contributed by atoms with Gasteiger partial charge in [-0.1, -0.05) is 164 Å². The number of furan rings is 1. The Morgan fingerprint density at radius 1 is 0.230 bits per heavy atom. The number of nitrogens with zero attached hydrogens (tertiary/aromatic N) is 4. The first-order valence-corrected chi connectivity index (χ1v) is 20.4. The summed E-state index contributed by atoms with van der Waals surface area (Å²) in [4.78, 5) is 20.7. The summed E-state index contributed by atoms with van der Waals surface area (Å²) in [7, 11) is 0. The summed E-state index contributed by atoms with van der Waals surface area (Å²) >= 11 is 0. The average Bonchev–Trinajstić information content (AvgIpc) is 3.72. The van der Waals surface area contributed by atoms with Gasteiger partial charge in [0.2, 0.25) is 0 Å². The van der Waals surface area contributed by atoms with Crippen LogP contribution in [-0.2, 0) is 0 Å². The molecule has 61 heavy (non-hydrogen) atoms. The molecule has 0 aliphatic heterocycles. The van der Waals surface area contributed by atoms with E-state index in [2.05, 4.69) is 140 Å². The first-order chi connectivity index (χ1) is 30.2. The van der Waals surface area contributed by atoms with Crippen molar-refractivity contribution in [3.8, 4) is 90.1 Å². The van der Waals surface area contributed by atoms with Gasteiger partial charge in [-0.3, -0.25) is 0 Å². The van der Waals surface area contributed by atoms with Crippen molar-refractivity contribution in [2.24, 2.45) is 0 Å². The van der Waals surface area contributed by atoms with Crippen LogP contribution in [0, 0.1) is 0 Å². The van der Waals surface area contributed by atoms with E-state index in [1.54, 1.807) is 0 Å². The molecular formula is C56H36N4O. The molecule has 0 N–H and O–H groups in total. The molecule has 11 rings (SSSR count). The molecular weight excluding hydrogens is 745 g/mol. The molecule has 5 heteroatoms. The van der Waals surface area contributed by atoms with E-state index in [1.165, 1.54) is 5.56 Å². The molecule has 0 fully saturated rings. The van der Waals surface area contributed by atoms with E-state index in [0.717, 1.165) is 94.8 Å². The van der Waals surface area contributed by atoms with Crippen LogP contribution in [0.5, 0.6) is 0 Å².